The number of unbranched alkanes of at least 4 members (excludes halogenated alkanes) is 2. The Kier molecular flexibility index (Phi) is 10.0. The quantitative estimate of drug-likeness (QED) is 0.581. The van der Waals surface area contributed by atoms with Gasteiger partial charge in [0.05, 0.1) is 0 Å². The van der Waals surface area contributed by atoms with Gasteiger partial charge in [-0.1, -0.05) is 26.7 Å². The lowest BCUT2D eigenvalue weighted by molar-refractivity contribution is 0.196. The predicted molar refractivity (Wildman–Crippen MR) is 73.7 cm³/mol. The van der Waals surface area contributed by atoms with Crippen molar-refractivity contribution in [2.45, 2.75) is 78.3 Å². The molecule has 0 aromatic heterocycles. The Hall–Kier alpha value is -0.0800. The minimum atomic E-state index is 0.368. The van der Waals surface area contributed by atoms with Gasteiger partial charge in [0.25, 0.3) is 0 Å². The lowest BCUT2D eigenvalue weighted by atomic mass is 10.1. The van der Waals surface area contributed by atoms with Gasteiger partial charge in [0.1, 0.15) is 0 Å². The molecule has 0 heterocycles. The highest BCUT2D eigenvalue weighted by atomic mass is 15.1. The molecule has 98 valence electrons. The van der Waals surface area contributed by atoms with Crippen LogP contribution in [-0.4, -0.2) is 30.1 Å². The molecule has 0 aliphatic carbocycles. The maximum absolute atomic E-state index is 5.76. The summed E-state index contributed by atoms with van der Waals surface area (Å²) in [5.41, 5.74) is 5.76. The van der Waals surface area contributed by atoms with E-state index in [2.05, 4.69) is 32.6 Å². The minimum Gasteiger partial charge on any atom is -0.328 e. The molecule has 0 rings (SSSR count). The Balaban J connectivity index is 3.73. The second-order valence-corrected chi connectivity index (χ2v) is 5.12. The Morgan fingerprint density at radius 2 is 1.62 bits per heavy atom. The van der Waals surface area contributed by atoms with Crippen LogP contribution in [0.2, 0.25) is 0 Å². The molecule has 0 bridgehead atoms. The number of nitrogens with zero attached hydrogens (tertiary/aromatic N) is 1. The lowest BCUT2D eigenvalue weighted by Gasteiger charge is -2.28. The molecule has 0 amide bonds. The molecule has 2 N–H and O–H groups in total. The first-order valence-electron chi connectivity index (χ1n) is 7.11. The summed E-state index contributed by atoms with van der Waals surface area (Å²) in [6.07, 6.45) is 7.63. The van der Waals surface area contributed by atoms with Crippen molar-refractivity contribution in [1.82, 2.24) is 4.90 Å². The van der Waals surface area contributed by atoms with Crippen LogP contribution in [0.5, 0.6) is 0 Å². The molecule has 0 saturated carbocycles. The van der Waals surface area contributed by atoms with Crippen molar-refractivity contribution in [2.75, 3.05) is 13.1 Å². The molecule has 0 aliphatic rings. The highest BCUT2D eigenvalue weighted by Crippen LogP contribution is 2.08. The van der Waals surface area contributed by atoms with Crippen LogP contribution >= 0.6 is 0 Å². The average Bonchev–Trinajstić information content (AvgIpc) is 2.26. The third-order valence-corrected chi connectivity index (χ3v) is 3.37. The maximum Gasteiger partial charge on any atom is 0.00643 e. The summed E-state index contributed by atoms with van der Waals surface area (Å²) in [6, 6.07) is 1.11. The number of hydrogen-bond acceptors (Lipinski definition) is 2. The van der Waals surface area contributed by atoms with Gasteiger partial charge in [-0.25, -0.2) is 0 Å². The van der Waals surface area contributed by atoms with Gasteiger partial charge < -0.3 is 10.6 Å². The van der Waals surface area contributed by atoms with Crippen LogP contribution < -0.4 is 5.73 Å². The van der Waals surface area contributed by atoms with Gasteiger partial charge in [-0.3, -0.25) is 0 Å². The molecular formula is C14H32N2. The van der Waals surface area contributed by atoms with Crippen LogP contribution in [0.1, 0.15) is 66.2 Å². The van der Waals surface area contributed by atoms with Gasteiger partial charge in [-0.05, 0) is 52.6 Å². The molecule has 0 aromatic rings. The number of rotatable bonds is 10. The second-order valence-electron chi connectivity index (χ2n) is 5.12. The third kappa shape index (κ3) is 8.12. The van der Waals surface area contributed by atoms with Gasteiger partial charge in [0.2, 0.25) is 0 Å². The first kappa shape index (κ1) is 15.9. The van der Waals surface area contributed by atoms with E-state index in [1.807, 2.05) is 0 Å². The largest absolute Gasteiger partial charge is 0.328 e. The number of nitrogens with two attached hydrogens (primary N) is 1. The van der Waals surface area contributed by atoms with E-state index in [0.717, 1.165) is 6.04 Å². The Morgan fingerprint density at radius 3 is 2.12 bits per heavy atom. The molecule has 0 fully saturated rings. The molecule has 0 aromatic carbocycles. The predicted octanol–water partition coefficient (Wildman–Crippen LogP) is 3.40. The zero-order valence-corrected chi connectivity index (χ0v) is 11.8. The van der Waals surface area contributed by atoms with Gasteiger partial charge >= 0.3 is 0 Å². The summed E-state index contributed by atoms with van der Waals surface area (Å²) in [6.45, 7) is 11.5. The van der Waals surface area contributed by atoms with E-state index >= 15 is 0 Å². The highest BCUT2D eigenvalue weighted by molar-refractivity contribution is 4.66. The van der Waals surface area contributed by atoms with Crippen molar-refractivity contribution in [3.63, 3.8) is 0 Å². The summed E-state index contributed by atoms with van der Waals surface area (Å²) in [4.78, 5) is 2.64. The number of hydrogen-bond donors (Lipinski definition) is 1. The fourth-order valence-corrected chi connectivity index (χ4v) is 1.95. The molecular weight excluding hydrogens is 196 g/mol. The summed E-state index contributed by atoms with van der Waals surface area (Å²) in [5, 5.41) is 0. The molecule has 0 radical (unpaired) electrons. The average molecular weight is 228 g/mol. The first-order chi connectivity index (χ1) is 7.61. The van der Waals surface area contributed by atoms with Crippen molar-refractivity contribution >= 4 is 0 Å². The van der Waals surface area contributed by atoms with E-state index in [9.17, 15) is 0 Å². The third-order valence-electron chi connectivity index (χ3n) is 3.37. The minimum absolute atomic E-state index is 0.368. The first-order valence-corrected chi connectivity index (χ1v) is 7.11. The normalized spacial score (nSPS) is 15.4. The molecule has 2 nitrogen and oxygen atoms in total. The van der Waals surface area contributed by atoms with Crippen LogP contribution in [0, 0.1) is 0 Å². The van der Waals surface area contributed by atoms with Gasteiger partial charge in [0.15, 0.2) is 0 Å². The molecule has 0 saturated heterocycles. The zero-order valence-electron chi connectivity index (χ0n) is 11.8. The Morgan fingerprint density at radius 1 is 1.00 bits per heavy atom. The van der Waals surface area contributed by atoms with Gasteiger partial charge in [0, 0.05) is 12.1 Å². The Labute approximate surface area is 103 Å². The van der Waals surface area contributed by atoms with Crippen LogP contribution in [0.4, 0.5) is 0 Å². The molecule has 0 spiro atoms. The summed E-state index contributed by atoms with van der Waals surface area (Å²) >= 11 is 0. The smallest absolute Gasteiger partial charge is 0.00643 e. The molecule has 0 aliphatic heterocycles. The zero-order chi connectivity index (χ0) is 12.4. The molecule has 16 heavy (non-hydrogen) atoms. The van der Waals surface area contributed by atoms with Crippen LogP contribution in [0.3, 0.4) is 0 Å². The van der Waals surface area contributed by atoms with Crippen LogP contribution in [0.25, 0.3) is 0 Å². The van der Waals surface area contributed by atoms with E-state index < -0.39 is 0 Å². The van der Waals surface area contributed by atoms with Gasteiger partial charge in [-0.2, -0.15) is 0 Å². The lowest BCUT2D eigenvalue weighted by Crippen LogP contribution is -2.34. The summed E-state index contributed by atoms with van der Waals surface area (Å²) in [7, 11) is 0. The summed E-state index contributed by atoms with van der Waals surface area (Å²) < 4.78 is 0. The topological polar surface area (TPSA) is 29.3 Å². The SMILES string of the molecule is CCCCN(CCCCC(C)N)C(C)CC. The molecule has 2 atom stereocenters. The van der Waals surface area contributed by atoms with Crippen molar-refractivity contribution in [1.29, 1.82) is 0 Å². The van der Waals surface area contributed by atoms with Crippen LogP contribution in [0.15, 0.2) is 0 Å². The van der Waals surface area contributed by atoms with Crippen molar-refractivity contribution < 1.29 is 0 Å². The monoisotopic (exact) mass is 228 g/mol. The Bertz CT molecular complexity index is 146. The van der Waals surface area contributed by atoms with E-state index in [0.29, 0.717) is 6.04 Å². The fraction of sp³-hybridized carbons (Fsp3) is 1.00. The van der Waals surface area contributed by atoms with Crippen molar-refractivity contribution in [3.05, 3.63) is 0 Å². The van der Waals surface area contributed by atoms with E-state index in [4.69, 9.17) is 5.73 Å². The van der Waals surface area contributed by atoms with Crippen molar-refractivity contribution in [3.8, 4) is 0 Å². The standard InChI is InChI=1S/C14H32N2/c1-5-7-11-16(14(4)6-2)12-9-8-10-13(3)15/h13-14H,5-12,15H2,1-4H3. The van der Waals surface area contributed by atoms with E-state index in [1.165, 1.54) is 51.6 Å². The fourth-order valence-electron chi connectivity index (χ4n) is 1.95. The van der Waals surface area contributed by atoms with E-state index in [-0.39, 0.29) is 0 Å². The molecule has 2 heteroatoms. The summed E-state index contributed by atoms with van der Waals surface area (Å²) in [5.74, 6) is 0. The van der Waals surface area contributed by atoms with Crippen LogP contribution in [-0.2, 0) is 0 Å². The molecule has 2 unspecified atom stereocenters. The highest BCUT2D eigenvalue weighted by Gasteiger charge is 2.10. The van der Waals surface area contributed by atoms with Gasteiger partial charge in [-0.15, -0.1) is 0 Å². The van der Waals surface area contributed by atoms with Crippen molar-refractivity contribution in [2.24, 2.45) is 5.73 Å². The van der Waals surface area contributed by atoms with E-state index in [1.54, 1.807) is 0 Å². The second kappa shape index (κ2) is 10.1. The maximum atomic E-state index is 5.76.